The van der Waals surface area contributed by atoms with Crippen LogP contribution in [0.2, 0.25) is 0 Å². The zero-order valence-corrected chi connectivity index (χ0v) is 20.8. The topological polar surface area (TPSA) is 74.7 Å². The zero-order chi connectivity index (χ0) is 23.7. The van der Waals surface area contributed by atoms with Gasteiger partial charge in [0.1, 0.15) is 5.82 Å². The van der Waals surface area contributed by atoms with Crippen LogP contribution in [0.15, 0.2) is 54.9 Å². The fraction of sp³-hybridized carbons (Fsp3) is 0.333. The first kappa shape index (κ1) is 24.9. The highest BCUT2D eigenvalue weighted by Gasteiger charge is 2.22. The van der Waals surface area contributed by atoms with E-state index in [0.717, 1.165) is 48.8 Å². The molecule has 1 aliphatic rings. The summed E-state index contributed by atoms with van der Waals surface area (Å²) in [4.78, 5) is 16.1. The van der Waals surface area contributed by atoms with Crippen molar-refractivity contribution >= 4 is 34.9 Å². The van der Waals surface area contributed by atoms with E-state index < -0.39 is 0 Å². The number of amides is 1. The minimum Gasteiger partial charge on any atom is -0.358 e. The number of benzene rings is 2. The van der Waals surface area contributed by atoms with Gasteiger partial charge in [0, 0.05) is 46.1 Å². The number of anilines is 1. The molecule has 35 heavy (non-hydrogen) atoms. The first-order valence-electron chi connectivity index (χ1n) is 11.9. The van der Waals surface area contributed by atoms with E-state index in [-0.39, 0.29) is 24.1 Å². The molecule has 2 aromatic carbocycles. The quantitative estimate of drug-likeness (QED) is 0.319. The molecule has 0 aliphatic heterocycles. The van der Waals surface area contributed by atoms with Gasteiger partial charge in [-0.05, 0) is 99.7 Å². The van der Waals surface area contributed by atoms with Crippen molar-refractivity contribution in [1.29, 1.82) is 0 Å². The Labute approximate surface area is 210 Å². The van der Waals surface area contributed by atoms with Crippen LogP contribution in [-0.2, 0) is 19.3 Å². The number of aromatic nitrogens is 3. The average molecular weight is 496 g/mol. The molecule has 6 nitrogen and oxygen atoms in total. The lowest BCUT2D eigenvalue weighted by Crippen LogP contribution is -2.35. The van der Waals surface area contributed by atoms with E-state index in [1.54, 1.807) is 0 Å². The number of fused-ring (bicyclic) bond motifs is 3. The number of hydrogen-bond donors (Lipinski definition) is 3. The summed E-state index contributed by atoms with van der Waals surface area (Å²) >= 11 is 0. The maximum Gasteiger partial charge on any atom is 0.255 e. The molecule has 1 atom stereocenters. The van der Waals surface area contributed by atoms with Crippen LogP contribution in [0.25, 0.3) is 10.9 Å². The number of H-pyrrole nitrogens is 1. The highest BCUT2D eigenvalue weighted by atomic mass is 35.5. The number of carbonyl (C=O) groups excluding carboxylic acids is 1. The summed E-state index contributed by atoms with van der Waals surface area (Å²) in [7, 11) is 0. The minimum absolute atomic E-state index is 0. The standard InChI is InChI=1S/C27H30FN5O.ClH/c1-17(2)33-16-18(15-30-33)11-12-29-21-7-9-25-23(13-21)24-14-22(8-10-26(24)32-25)31-27(34)19-3-5-20(28)6-4-19;/h3-6,8,10,14-17,21,29,32H,7,9,11-13H2,1-2H3,(H,31,34);1H. The first-order valence-corrected chi connectivity index (χ1v) is 11.9. The molecule has 184 valence electrons. The lowest BCUT2D eigenvalue weighted by molar-refractivity contribution is 0.102. The van der Waals surface area contributed by atoms with E-state index in [2.05, 4.69) is 40.8 Å². The largest absolute Gasteiger partial charge is 0.358 e. The van der Waals surface area contributed by atoms with Crippen molar-refractivity contribution in [3.05, 3.63) is 83.1 Å². The Balaban J connectivity index is 0.00000289. The number of hydrogen-bond acceptors (Lipinski definition) is 3. The Morgan fingerprint density at radius 3 is 2.77 bits per heavy atom. The smallest absolute Gasteiger partial charge is 0.255 e. The summed E-state index contributed by atoms with van der Waals surface area (Å²) in [5.41, 5.74) is 6.12. The van der Waals surface area contributed by atoms with Crippen molar-refractivity contribution < 1.29 is 9.18 Å². The fourth-order valence-electron chi connectivity index (χ4n) is 4.68. The highest BCUT2D eigenvalue weighted by molar-refractivity contribution is 6.05. The van der Waals surface area contributed by atoms with Gasteiger partial charge in [-0.15, -0.1) is 12.4 Å². The number of aryl methyl sites for hydroxylation is 1. The third-order valence-electron chi connectivity index (χ3n) is 6.58. The van der Waals surface area contributed by atoms with Crippen molar-refractivity contribution in [1.82, 2.24) is 20.1 Å². The maximum absolute atomic E-state index is 13.2. The number of nitrogens with zero attached hydrogens (tertiary/aromatic N) is 2. The summed E-state index contributed by atoms with van der Waals surface area (Å²) in [5.74, 6) is -0.602. The Kier molecular flexibility index (Phi) is 7.57. The summed E-state index contributed by atoms with van der Waals surface area (Å²) in [6, 6.07) is 12.3. The molecule has 0 saturated heterocycles. The normalized spacial score (nSPS) is 15.1. The van der Waals surface area contributed by atoms with Gasteiger partial charge in [0.25, 0.3) is 5.91 Å². The molecular formula is C27H31ClFN5O. The van der Waals surface area contributed by atoms with Crippen LogP contribution in [0.4, 0.5) is 10.1 Å². The molecule has 0 radical (unpaired) electrons. The molecular weight excluding hydrogens is 465 g/mol. The van der Waals surface area contributed by atoms with Crippen LogP contribution in [0.5, 0.6) is 0 Å². The molecule has 0 spiro atoms. The van der Waals surface area contributed by atoms with E-state index in [1.807, 2.05) is 29.1 Å². The monoisotopic (exact) mass is 495 g/mol. The molecule has 1 aliphatic carbocycles. The number of nitrogens with one attached hydrogen (secondary N) is 3. The summed E-state index contributed by atoms with van der Waals surface area (Å²) < 4.78 is 15.2. The SMILES string of the molecule is CC(C)n1cc(CCNC2CCc3[nH]c4ccc(NC(=O)c5ccc(F)cc5)cc4c3C2)cn1.Cl. The van der Waals surface area contributed by atoms with Gasteiger partial charge < -0.3 is 15.6 Å². The van der Waals surface area contributed by atoms with Crippen molar-refractivity contribution in [3.63, 3.8) is 0 Å². The van der Waals surface area contributed by atoms with Crippen LogP contribution in [0.1, 0.15) is 53.5 Å². The second kappa shape index (κ2) is 10.6. The number of rotatable bonds is 7. The van der Waals surface area contributed by atoms with Crippen molar-refractivity contribution in [2.45, 2.75) is 51.6 Å². The van der Waals surface area contributed by atoms with Crippen molar-refractivity contribution in [3.8, 4) is 0 Å². The Bertz CT molecular complexity index is 1310. The Morgan fingerprint density at radius 1 is 1.23 bits per heavy atom. The average Bonchev–Trinajstić information content (AvgIpc) is 3.44. The molecule has 5 rings (SSSR count). The Morgan fingerprint density at radius 2 is 2.03 bits per heavy atom. The van der Waals surface area contributed by atoms with Crippen LogP contribution in [-0.4, -0.2) is 33.3 Å². The minimum atomic E-state index is -0.356. The number of aromatic amines is 1. The molecule has 0 fully saturated rings. The number of carbonyl (C=O) groups is 1. The zero-order valence-electron chi connectivity index (χ0n) is 20.0. The summed E-state index contributed by atoms with van der Waals surface area (Å²) in [5, 5.41) is 12.2. The lowest BCUT2D eigenvalue weighted by Gasteiger charge is -2.23. The van der Waals surface area contributed by atoms with E-state index in [0.29, 0.717) is 17.6 Å². The second-order valence-electron chi connectivity index (χ2n) is 9.37. The van der Waals surface area contributed by atoms with E-state index >= 15 is 0 Å². The second-order valence-corrected chi connectivity index (χ2v) is 9.37. The predicted octanol–water partition coefficient (Wildman–Crippen LogP) is 5.45. The predicted molar refractivity (Wildman–Crippen MR) is 140 cm³/mol. The molecule has 3 N–H and O–H groups in total. The molecule has 0 bridgehead atoms. The molecule has 1 amide bonds. The number of halogens is 2. The third-order valence-corrected chi connectivity index (χ3v) is 6.58. The summed E-state index contributed by atoms with van der Waals surface area (Å²) in [6.45, 7) is 5.19. The van der Waals surface area contributed by atoms with Crippen molar-refractivity contribution in [2.24, 2.45) is 0 Å². The van der Waals surface area contributed by atoms with Crippen LogP contribution >= 0.6 is 12.4 Å². The molecule has 2 aromatic heterocycles. The van der Waals surface area contributed by atoms with Gasteiger partial charge in [-0.1, -0.05) is 0 Å². The van der Waals surface area contributed by atoms with E-state index in [1.165, 1.54) is 41.1 Å². The molecule has 1 unspecified atom stereocenters. The van der Waals surface area contributed by atoms with Gasteiger partial charge in [0.15, 0.2) is 0 Å². The first-order chi connectivity index (χ1) is 16.5. The van der Waals surface area contributed by atoms with Gasteiger partial charge in [0.05, 0.1) is 6.20 Å². The van der Waals surface area contributed by atoms with Crippen LogP contribution < -0.4 is 10.6 Å². The molecule has 8 heteroatoms. The van der Waals surface area contributed by atoms with Crippen LogP contribution in [0, 0.1) is 5.82 Å². The maximum atomic E-state index is 13.2. The van der Waals surface area contributed by atoms with Gasteiger partial charge in [0.2, 0.25) is 0 Å². The fourth-order valence-corrected chi connectivity index (χ4v) is 4.68. The molecule has 0 saturated carbocycles. The van der Waals surface area contributed by atoms with Crippen molar-refractivity contribution in [2.75, 3.05) is 11.9 Å². The molecule has 4 aromatic rings. The highest BCUT2D eigenvalue weighted by Crippen LogP contribution is 2.31. The van der Waals surface area contributed by atoms with E-state index in [9.17, 15) is 9.18 Å². The summed E-state index contributed by atoms with van der Waals surface area (Å²) in [6.07, 6.45) is 8.11. The third kappa shape index (κ3) is 5.57. The Hall–Kier alpha value is -3.16. The van der Waals surface area contributed by atoms with Crippen LogP contribution in [0.3, 0.4) is 0 Å². The lowest BCUT2D eigenvalue weighted by atomic mass is 9.91. The van der Waals surface area contributed by atoms with Gasteiger partial charge >= 0.3 is 0 Å². The molecule has 2 heterocycles. The van der Waals surface area contributed by atoms with E-state index in [4.69, 9.17) is 0 Å². The van der Waals surface area contributed by atoms with Gasteiger partial charge in [-0.2, -0.15) is 5.10 Å². The van der Waals surface area contributed by atoms with Gasteiger partial charge in [-0.25, -0.2) is 4.39 Å². The van der Waals surface area contributed by atoms with Gasteiger partial charge in [-0.3, -0.25) is 9.48 Å².